The minimum absolute atomic E-state index is 0.464. The SMILES string of the molecule is CCc1cc(SC)c(C2CC(CN)CN2C)cc1OC. The lowest BCUT2D eigenvalue weighted by Crippen LogP contribution is -2.21. The van der Waals surface area contributed by atoms with Crippen molar-refractivity contribution < 1.29 is 4.74 Å². The fraction of sp³-hybridized carbons (Fsp3) is 0.625. The molecule has 2 atom stereocenters. The summed E-state index contributed by atoms with van der Waals surface area (Å²) in [5.41, 5.74) is 8.53. The van der Waals surface area contributed by atoms with Crippen LogP contribution < -0.4 is 10.5 Å². The Morgan fingerprint density at radius 1 is 1.45 bits per heavy atom. The number of hydrogen-bond donors (Lipinski definition) is 1. The third kappa shape index (κ3) is 2.97. The van der Waals surface area contributed by atoms with Gasteiger partial charge in [-0.1, -0.05) is 6.92 Å². The van der Waals surface area contributed by atoms with Gasteiger partial charge in [-0.3, -0.25) is 4.90 Å². The van der Waals surface area contributed by atoms with Gasteiger partial charge < -0.3 is 10.5 Å². The molecule has 2 N–H and O–H groups in total. The van der Waals surface area contributed by atoms with E-state index in [2.05, 4.69) is 37.3 Å². The molecule has 0 bridgehead atoms. The topological polar surface area (TPSA) is 38.5 Å². The van der Waals surface area contributed by atoms with Gasteiger partial charge in [0, 0.05) is 17.5 Å². The van der Waals surface area contributed by atoms with Gasteiger partial charge in [0.2, 0.25) is 0 Å². The molecule has 1 aromatic carbocycles. The number of thioether (sulfide) groups is 1. The number of nitrogens with zero attached hydrogens (tertiary/aromatic N) is 1. The Balaban J connectivity index is 2.39. The maximum absolute atomic E-state index is 5.85. The highest BCUT2D eigenvalue weighted by Crippen LogP contribution is 2.40. The molecule has 0 aromatic heterocycles. The first-order valence-corrected chi connectivity index (χ1v) is 8.52. The summed E-state index contributed by atoms with van der Waals surface area (Å²) in [6.45, 7) is 4.04. The van der Waals surface area contributed by atoms with E-state index < -0.39 is 0 Å². The van der Waals surface area contributed by atoms with Crippen LogP contribution in [0.2, 0.25) is 0 Å². The summed E-state index contributed by atoms with van der Waals surface area (Å²) in [7, 11) is 3.96. The lowest BCUT2D eigenvalue weighted by molar-refractivity contribution is 0.309. The molecular formula is C16H26N2OS. The third-order valence-electron chi connectivity index (χ3n) is 4.34. The zero-order valence-corrected chi connectivity index (χ0v) is 13.8. The van der Waals surface area contributed by atoms with Gasteiger partial charge in [0.15, 0.2) is 0 Å². The van der Waals surface area contributed by atoms with E-state index in [0.717, 1.165) is 31.7 Å². The van der Waals surface area contributed by atoms with E-state index in [0.29, 0.717) is 12.0 Å². The Morgan fingerprint density at radius 2 is 2.20 bits per heavy atom. The van der Waals surface area contributed by atoms with Crippen LogP contribution in [0.1, 0.15) is 30.5 Å². The Kier molecular flexibility index (Phi) is 5.35. The monoisotopic (exact) mass is 294 g/mol. The molecule has 2 rings (SSSR count). The molecular weight excluding hydrogens is 268 g/mol. The normalized spacial score (nSPS) is 23.2. The first-order chi connectivity index (χ1) is 9.64. The summed E-state index contributed by atoms with van der Waals surface area (Å²) in [5, 5.41) is 0. The Bertz CT molecular complexity index is 464. The standard InChI is InChI=1S/C16H26N2OS/c1-5-12-7-16(20-4)13(8-15(12)19-3)14-6-11(9-17)10-18(14)2/h7-8,11,14H,5-6,9-10,17H2,1-4H3. The van der Waals surface area contributed by atoms with Crippen LogP contribution in [-0.2, 0) is 6.42 Å². The van der Waals surface area contributed by atoms with E-state index in [1.54, 1.807) is 7.11 Å². The van der Waals surface area contributed by atoms with Gasteiger partial charge >= 0.3 is 0 Å². The number of ether oxygens (including phenoxy) is 1. The van der Waals surface area contributed by atoms with Crippen LogP contribution in [0, 0.1) is 5.92 Å². The number of likely N-dealkylation sites (tertiary alicyclic amines) is 1. The van der Waals surface area contributed by atoms with Crippen molar-refractivity contribution in [1.82, 2.24) is 4.90 Å². The highest BCUT2D eigenvalue weighted by molar-refractivity contribution is 7.98. The Hall–Kier alpha value is -0.710. The van der Waals surface area contributed by atoms with Crippen molar-refractivity contribution in [3.05, 3.63) is 23.3 Å². The molecule has 2 unspecified atom stereocenters. The fourth-order valence-electron chi connectivity index (χ4n) is 3.16. The van der Waals surface area contributed by atoms with Gasteiger partial charge in [-0.25, -0.2) is 0 Å². The Morgan fingerprint density at radius 3 is 2.70 bits per heavy atom. The lowest BCUT2D eigenvalue weighted by atomic mass is 9.97. The van der Waals surface area contributed by atoms with Crippen LogP contribution in [0.5, 0.6) is 5.75 Å². The number of hydrogen-bond acceptors (Lipinski definition) is 4. The highest BCUT2D eigenvalue weighted by Gasteiger charge is 2.31. The number of benzene rings is 1. The third-order valence-corrected chi connectivity index (χ3v) is 5.13. The van der Waals surface area contributed by atoms with Crippen LogP contribution in [0.4, 0.5) is 0 Å². The predicted molar refractivity (Wildman–Crippen MR) is 86.7 cm³/mol. The van der Waals surface area contributed by atoms with Crippen molar-refractivity contribution in [3.8, 4) is 5.75 Å². The summed E-state index contributed by atoms with van der Waals surface area (Å²) in [6.07, 6.45) is 4.30. The van der Waals surface area contributed by atoms with Crippen LogP contribution in [0.15, 0.2) is 17.0 Å². The van der Waals surface area contributed by atoms with Crippen molar-refractivity contribution in [3.63, 3.8) is 0 Å². The summed E-state index contributed by atoms with van der Waals surface area (Å²) in [6, 6.07) is 5.00. The van der Waals surface area contributed by atoms with E-state index >= 15 is 0 Å². The van der Waals surface area contributed by atoms with Crippen molar-refractivity contribution in [2.45, 2.75) is 30.7 Å². The molecule has 20 heavy (non-hydrogen) atoms. The van der Waals surface area contributed by atoms with Gasteiger partial charge in [0.25, 0.3) is 0 Å². The second-order valence-electron chi connectivity index (χ2n) is 5.55. The second-order valence-corrected chi connectivity index (χ2v) is 6.40. The van der Waals surface area contributed by atoms with E-state index in [1.807, 2.05) is 11.8 Å². The van der Waals surface area contributed by atoms with Crippen LogP contribution in [0.3, 0.4) is 0 Å². The zero-order chi connectivity index (χ0) is 14.7. The molecule has 0 saturated carbocycles. The number of rotatable bonds is 5. The number of aryl methyl sites for hydroxylation is 1. The molecule has 4 heteroatoms. The quantitative estimate of drug-likeness (QED) is 0.848. The maximum Gasteiger partial charge on any atom is 0.122 e. The lowest BCUT2D eigenvalue weighted by Gasteiger charge is -2.23. The van der Waals surface area contributed by atoms with Gasteiger partial charge in [-0.15, -0.1) is 11.8 Å². The van der Waals surface area contributed by atoms with Gasteiger partial charge in [0.1, 0.15) is 5.75 Å². The molecule has 3 nitrogen and oxygen atoms in total. The predicted octanol–water partition coefficient (Wildman–Crippen LogP) is 2.93. The van der Waals surface area contributed by atoms with E-state index in [1.165, 1.54) is 16.0 Å². The minimum Gasteiger partial charge on any atom is -0.496 e. The molecule has 1 saturated heterocycles. The van der Waals surface area contributed by atoms with Crippen LogP contribution in [-0.4, -0.2) is 38.4 Å². The molecule has 1 aliphatic rings. The van der Waals surface area contributed by atoms with Crippen molar-refractivity contribution >= 4 is 11.8 Å². The van der Waals surface area contributed by atoms with Crippen molar-refractivity contribution in [2.75, 3.05) is 33.5 Å². The molecule has 1 heterocycles. The van der Waals surface area contributed by atoms with E-state index in [9.17, 15) is 0 Å². The molecule has 0 radical (unpaired) electrons. The molecule has 1 aliphatic heterocycles. The van der Waals surface area contributed by atoms with Gasteiger partial charge in [-0.05, 0) is 61.9 Å². The van der Waals surface area contributed by atoms with Crippen molar-refractivity contribution in [2.24, 2.45) is 11.7 Å². The summed E-state index contributed by atoms with van der Waals surface area (Å²) < 4.78 is 5.57. The summed E-state index contributed by atoms with van der Waals surface area (Å²) >= 11 is 1.83. The summed E-state index contributed by atoms with van der Waals surface area (Å²) in [4.78, 5) is 3.80. The second kappa shape index (κ2) is 6.83. The minimum atomic E-state index is 0.464. The first kappa shape index (κ1) is 15.7. The average Bonchev–Trinajstić information content (AvgIpc) is 2.86. The Labute approximate surface area is 126 Å². The molecule has 1 aromatic rings. The maximum atomic E-state index is 5.85. The molecule has 1 fully saturated rings. The smallest absolute Gasteiger partial charge is 0.122 e. The highest BCUT2D eigenvalue weighted by atomic mass is 32.2. The average molecular weight is 294 g/mol. The fourth-order valence-corrected chi connectivity index (χ4v) is 3.85. The zero-order valence-electron chi connectivity index (χ0n) is 13.0. The van der Waals surface area contributed by atoms with Gasteiger partial charge in [0.05, 0.1) is 7.11 Å². The van der Waals surface area contributed by atoms with Crippen molar-refractivity contribution in [1.29, 1.82) is 0 Å². The molecule has 112 valence electrons. The van der Waals surface area contributed by atoms with Gasteiger partial charge in [-0.2, -0.15) is 0 Å². The van der Waals surface area contributed by atoms with Crippen LogP contribution in [0.25, 0.3) is 0 Å². The van der Waals surface area contributed by atoms with E-state index in [-0.39, 0.29) is 0 Å². The molecule has 0 amide bonds. The number of nitrogens with two attached hydrogens (primary N) is 1. The summed E-state index contributed by atoms with van der Waals surface area (Å²) in [5.74, 6) is 1.63. The molecule has 0 spiro atoms. The van der Waals surface area contributed by atoms with Crippen LogP contribution >= 0.6 is 11.8 Å². The first-order valence-electron chi connectivity index (χ1n) is 7.29. The number of methoxy groups -OCH3 is 1. The van der Waals surface area contributed by atoms with E-state index in [4.69, 9.17) is 10.5 Å². The molecule has 0 aliphatic carbocycles. The largest absolute Gasteiger partial charge is 0.496 e.